The Balaban J connectivity index is 1.28. The van der Waals surface area contributed by atoms with Gasteiger partial charge in [0.25, 0.3) is 0 Å². The average molecular weight is 542 g/mol. The van der Waals surface area contributed by atoms with Gasteiger partial charge in [0, 0.05) is 13.1 Å². The van der Waals surface area contributed by atoms with E-state index in [1.54, 1.807) is 6.20 Å². The maximum atomic E-state index is 13.2. The lowest BCUT2D eigenvalue weighted by atomic mass is 9.78. The van der Waals surface area contributed by atoms with Crippen LogP contribution in [0, 0.1) is 29.1 Å². The number of unbranched alkanes of at least 4 members (excludes halogenated alkanes) is 1. The van der Waals surface area contributed by atoms with E-state index in [4.69, 9.17) is 4.74 Å². The van der Waals surface area contributed by atoms with Gasteiger partial charge in [-0.25, -0.2) is 9.78 Å². The molecular formula is C23H33BrN4O4S. The number of hydrogen-bond acceptors (Lipinski definition) is 6. The summed E-state index contributed by atoms with van der Waals surface area (Å²) in [6.45, 7) is 6.51. The summed E-state index contributed by atoms with van der Waals surface area (Å²) in [6.07, 6.45) is 7.07. The van der Waals surface area contributed by atoms with Crippen LogP contribution in [0.5, 0.6) is 0 Å². The number of amides is 3. The van der Waals surface area contributed by atoms with E-state index in [1.807, 2.05) is 20.8 Å². The SMILES string of the molecule is CC(C)(C)OC(=O)NCCCCNC(=O)[C@H]1[C@H](C(=O)Nc2ncc(Br)s2)[C@@H]2CC[C@H]1C21CC1. The monoisotopic (exact) mass is 540 g/mol. The van der Waals surface area contributed by atoms with Crippen LogP contribution in [0.3, 0.4) is 0 Å². The van der Waals surface area contributed by atoms with E-state index in [9.17, 15) is 14.4 Å². The topological polar surface area (TPSA) is 109 Å². The Morgan fingerprint density at radius 1 is 1.09 bits per heavy atom. The van der Waals surface area contributed by atoms with Gasteiger partial charge in [0.05, 0.1) is 21.8 Å². The van der Waals surface area contributed by atoms with Crippen LogP contribution in [0.15, 0.2) is 9.98 Å². The highest BCUT2D eigenvalue weighted by atomic mass is 79.9. The van der Waals surface area contributed by atoms with Crippen molar-refractivity contribution in [3.05, 3.63) is 9.98 Å². The van der Waals surface area contributed by atoms with E-state index >= 15 is 0 Å². The highest BCUT2D eigenvalue weighted by Gasteiger charge is 2.71. The van der Waals surface area contributed by atoms with Gasteiger partial charge in [0.2, 0.25) is 11.8 Å². The summed E-state index contributed by atoms with van der Waals surface area (Å²) < 4.78 is 6.08. The van der Waals surface area contributed by atoms with Crippen LogP contribution in [-0.4, -0.2) is 41.6 Å². The zero-order chi connectivity index (χ0) is 23.8. The average Bonchev–Trinajstić information content (AvgIpc) is 3.22. The third-order valence-electron chi connectivity index (χ3n) is 7.23. The molecule has 4 rings (SSSR count). The summed E-state index contributed by atoms with van der Waals surface area (Å²) in [5, 5.41) is 9.33. The fourth-order valence-electron chi connectivity index (χ4n) is 5.95. The number of anilines is 1. The molecule has 33 heavy (non-hydrogen) atoms. The van der Waals surface area contributed by atoms with Crippen LogP contribution >= 0.6 is 27.3 Å². The van der Waals surface area contributed by atoms with Gasteiger partial charge in [-0.15, -0.1) is 0 Å². The normalized spacial score (nSPS) is 26.8. The van der Waals surface area contributed by atoms with Crippen LogP contribution in [0.2, 0.25) is 0 Å². The van der Waals surface area contributed by atoms with Gasteiger partial charge in [-0.1, -0.05) is 11.3 Å². The van der Waals surface area contributed by atoms with E-state index in [1.165, 1.54) is 11.3 Å². The lowest BCUT2D eigenvalue weighted by molar-refractivity contribution is -0.134. The predicted octanol–water partition coefficient (Wildman–Crippen LogP) is 4.32. The van der Waals surface area contributed by atoms with Crippen LogP contribution < -0.4 is 16.0 Å². The zero-order valence-electron chi connectivity index (χ0n) is 19.4. The van der Waals surface area contributed by atoms with Gasteiger partial charge in [0.15, 0.2) is 5.13 Å². The van der Waals surface area contributed by atoms with Gasteiger partial charge >= 0.3 is 6.09 Å². The van der Waals surface area contributed by atoms with Crippen molar-refractivity contribution in [2.75, 3.05) is 18.4 Å². The number of aromatic nitrogens is 1. The lowest BCUT2D eigenvalue weighted by Crippen LogP contribution is -2.43. The number of alkyl carbamates (subject to hydrolysis) is 1. The molecule has 1 aromatic rings. The molecular weight excluding hydrogens is 508 g/mol. The molecule has 0 radical (unpaired) electrons. The second kappa shape index (κ2) is 9.52. The fourth-order valence-corrected chi connectivity index (χ4v) is 7.06. The highest BCUT2D eigenvalue weighted by Crippen LogP contribution is 2.74. The first-order chi connectivity index (χ1) is 15.6. The lowest BCUT2D eigenvalue weighted by Gasteiger charge is -2.28. The van der Waals surface area contributed by atoms with Crippen LogP contribution in [0.1, 0.15) is 59.3 Å². The van der Waals surface area contributed by atoms with Crippen molar-refractivity contribution in [1.29, 1.82) is 0 Å². The number of thiazole rings is 1. The second-order valence-corrected chi connectivity index (χ2v) is 12.9. The maximum Gasteiger partial charge on any atom is 0.407 e. The largest absolute Gasteiger partial charge is 0.444 e. The molecule has 2 bridgehead atoms. The Morgan fingerprint density at radius 3 is 2.24 bits per heavy atom. The number of hydrogen-bond donors (Lipinski definition) is 3. The maximum absolute atomic E-state index is 13.2. The summed E-state index contributed by atoms with van der Waals surface area (Å²) in [5.41, 5.74) is -0.318. The first-order valence-electron chi connectivity index (χ1n) is 11.8. The quantitative estimate of drug-likeness (QED) is 0.425. The second-order valence-electron chi connectivity index (χ2n) is 10.5. The van der Waals surface area contributed by atoms with Gasteiger partial charge in [0.1, 0.15) is 5.60 Å². The molecule has 8 nitrogen and oxygen atoms in total. The molecule has 3 amide bonds. The number of ether oxygens (including phenoxy) is 1. The predicted molar refractivity (Wildman–Crippen MR) is 130 cm³/mol. The number of carbonyl (C=O) groups excluding carboxylic acids is 3. The molecule has 3 N–H and O–H groups in total. The molecule has 0 aliphatic heterocycles. The molecule has 182 valence electrons. The van der Waals surface area contributed by atoms with Crippen molar-refractivity contribution in [3.8, 4) is 0 Å². The van der Waals surface area contributed by atoms with Crippen molar-refractivity contribution < 1.29 is 19.1 Å². The smallest absolute Gasteiger partial charge is 0.407 e. The standard InChI is InChI=1S/C23H33BrN4O4S/c1-22(2,3)32-21(31)26-11-5-4-10-25-18(29)16-13-6-7-14(23(13)8-9-23)17(16)19(30)28-20-27-12-15(24)33-20/h12-14,16-17H,4-11H2,1-3H3,(H,25,29)(H,26,31)(H,27,28,30)/t13-,14+,16-,17-/m1/s1. The van der Waals surface area contributed by atoms with Crippen LogP contribution in [0.25, 0.3) is 0 Å². The van der Waals surface area contributed by atoms with Gasteiger partial charge in [-0.3, -0.25) is 9.59 Å². The molecule has 3 fully saturated rings. The Bertz CT molecular complexity index is 911. The van der Waals surface area contributed by atoms with Crippen molar-refractivity contribution in [3.63, 3.8) is 0 Å². The molecule has 3 aliphatic rings. The summed E-state index contributed by atoms with van der Waals surface area (Å²) in [7, 11) is 0. The minimum atomic E-state index is -0.517. The Kier molecular flexibility index (Phi) is 7.05. The van der Waals surface area contributed by atoms with E-state index in [0.29, 0.717) is 30.1 Å². The summed E-state index contributed by atoms with van der Waals surface area (Å²) in [4.78, 5) is 42.4. The van der Waals surface area contributed by atoms with Gasteiger partial charge in [-0.05, 0) is 92.5 Å². The fraction of sp³-hybridized carbons (Fsp3) is 0.739. The molecule has 0 unspecified atom stereocenters. The molecule has 3 saturated carbocycles. The summed E-state index contributed by atoms with van der Waals surface area (Å²) in [5.74, 6) is -0.0434. The molecule has 1 aromatic heterocycles. The van der Waals surface area contributed by atoms with Crippen molar-refractivity contribution in [2.45, 2.75) is 64.9 Å². The van der Waals surface area contributed by atoms with Crippen molar-refractivity contribution in [1.82, 2.24) is 15.6 Å². The number of rotatable bonds is 8. The van der Waals surface area contributed by atoms with E-state index < -0.39 is 11.7 Å². The molecule has 3 aliphatic carbocycles. The zero-order valence-corrected chi connectivity index (χ0v) is 21.8. The Labute approximate surface area is 207 Å². The first kappa shape index (κ1) is 24.4. The third kappa shape index (κ3) is 5.37. The summed E-state index contributed by atoms with van der Waals surface area (Å²) in [6, 6.07) is 0. The minimum absolute atomic E-state index is 0.00551. The molecule has 0 saturated heterocycles. The molecule has 1 heterocycles. The molecule has 0 aromatic carbocycles. The van der Waals surface area contributed by atoms with Crippen molar-refractivity contribution >= 4 is 50.3 Å². The van der Waals surface area contributed by atoms with E-state index in [-0.39, 0.29) is 29.1 Å². The number of nitrogens with one attached hydrogen (secondary N) is 3. The minimum Gasteiger partial charge on any atom is -0.444 e. The summed E-state index contributed by atoms with van der Waals surface area (Å²) >= 11 is 4.76. The Morgan fingerprint density at radius 2 is 1.70 bits per heavy atom. The highest BCUT2D eigenvalue weighted by molar-refractivity contribution is 9.11. The van der Waals surface area contributed by atoms with Gasteiger partial charge in [-0.2, -0.15) is 0 Å². The molecule has 10 heteroatoms. The van der Waals surface area contributed by atoms with Crippen LogP contribution in [0.4, 0.5) is 9.93 Å². The van der Waals surface area contributed by atoms with Gasteiger partial charge < -0.3 is 20.7 Å². The van der Waals surface area contributed by atoms with Crippen LogP contribution in [-0.2, 0) is 14.3 Å². The van der Waals surface area contributed by atoms with E-state index in [2.05, 4.69) is 36.9 Å². The van der Waals surface area contributed by atoms with E-state index in [0.717, 1.165) is 42.3 Å². The first-order valence-corrected chi connectivity index (χ1v) is 13.4. The molecule has 1 spiro atoms. The number of nitrogens with zero attached hydrogens (tertiary/aromatic N) is 1. The Hall–Kier alpha value is -1.68. The van der Waals surface area contributed by atoms with Crippen molar-refractivity contribution in [2.24, 2.45) is 29.1 Å². The third-order valence-corrected chi connectivity index (χ3v) is 8.62. The number of carbonyl (C=O) groups is 3. The molecule has 4 atom stereocenters. The number of halogens is 1.